The molecule has 0 aliphatic rings. The third-order valence-electron chi connectivity index (χ3n) is 2.96. The van der Waals surface area contributed by atoms with Gasteiger partial charge < -0.3 is 15.2 Å². The first kappa shape index (κ1) is 17.3. The van der Waals surface area contributed by atoms with Crippen molar-refractivity contribution in [2.45, 2.75) is 33.3 Å². The van der Waals surface area contributed by atoms with Crippen molar-refractivity contribution in [3.63, 3.8) is 0 Å². The Bertz CT molecular complexity index is 518. The van der Waals surface area contributed by atoms with Crippen LogP contribution in [0.1, 0.15) is 25.8 Å². The molecule has 0 spiro atoms. The SMILES string of the molecule is Cc1cc(Cl)ccc1OC(C)C(=O)NCC(C)CC(=O)O. The summed E-state index contributed by atoms with van der Waals surface area (Å²) < 4.78 is 5.59. The van der Waals surface area contributed by atoms with Gasteiger partial charge in [-0.25, -0.2) is 0 Å². The molecule has 0 aromatic heterocycles. The number of amides is 1. The molecule has 1 aromatic rings. The number of hydrogen-bond acceptors (Lipinski definition) is 3. The van der Waals surface area contributed by atoms with E-state index < -0.39 is 12.1 Å². The van der Waals surface area contributed by atoms with Crippen molar-refractivity contribution >= 4 is 23.5 Å². The zero-order valence-electron chi connectivity index (χ0n) is 12.4. The van der Waals surface area contributed by atoms with Gasteiger partial charge in [0.15, 0.2) is 6.10 Å². The van der Waals surface area contributed by atoms with Crippen LogP contribution in [0.2, 0.25) is 5.02 Å². The number of carboxylic acids is 1. The van der Waals surface area contributed by atoms with Gasteiger partial charge in [0.05, 0.1) is 0 Å². The number of carboxylic acid groups (broad SMARTS) is 1. The van der Waals surface area contributed by atoms with E-state index in [2.05, 4.69) is 5.32 Å². The molecule has 2 unspecified atom stereocenters. The minimum Gasteiger partial charge on any atom is -0.481 e. The van der Waals surface area contributed by atoms with E-state index in [-0.39, 0.29) is 18.2 Å². The van der Waals surface area contributed by atoms with E-state index >= 15 is 0 Å². The smallest absolute Gasteiger partial charge is 0.303 e. The maximum Gasteiger partial charge on any atom is 0.303 e. The van der Waals surface area contributed by atoms with Crippen LogP contribution in [0.15, 0.2) is 18.2 Å². The van der Waals surface area contributed by atoms with Gasteiger partial charge in [-0.3, -0.25) is 9.59 Å². The van der Waals surface area contributed by atoms with Crippen molar-refractivity contribution in [1.29, 1.82) is 0 Å². The molecule has 2 atom stereocenters. The molecule has 0 aliphatic heterocycles. The Kier molecular flexibility index (Phi) is 6.49. The van der Waals surface area contributed by atoms with Crippen LogP contribution < -0.4 is 10.1 Å². The van der Waals surface area contributed by atoms with E-state index in [1.54, 1.807) is 32.0 Å². The summed E-state index contributed by atoms with van der Waals surface area (Å²) in [5, 5.41) is 12.0. The van der Waals surface area contributed by atoms with E-state index in [1.165, 1.54) is 0 Å². The first-order chi connectivity index (χ1) is 9.79. The van der Waals surface area contributed by atoms with Gasteiger partial charge in [0, 0.05) is 18.0 Å². The lowest BCUT2D eigenvalue weighted by Crippen LogP contribution is -2.38. The van der Waals surface area contributed by atoms with E-state index in [9.17, 15) is 9.59 Å². The van der Waals surface area contributed by atoms with Gasteiger partial charge in [-0.2, -0.15) is 0 Å². The largest absolute Gasteiger partial charge is 0.481 e. The monoisotopic (exact) mass is 313 g/mol. The fourth-order valence-electron chi connectivity index (χ4n) is 1.78. The van der Waals surface area contributed by atoms with Gasteiger partial charge in [-0.05, 0) is 43.5 Å². The minimum absolute atomic E-state index is 0.0197. The molecule has 116 valence electrons. The summed E-state index contributed by atoms with van der Waals surface area (Å²) in [5.41, 5.74) is 0.849. The van der Waals surface area contributed by atoms with Crippen LogP contribution in [-0.2, 0) is 9.59 Å². The van der Waals surface area contributed by atoms with Crippen LogP contribution in [-0.4, -0.2) is 29.6 Å². The predicted octanol–water partition coefficient (Wildman–Crippen LogP) is 2.64. The summed E-state index contributed by atoms with van der Waals surface area (Å²) in [7, 11) is 0. The van der Waals surface area contributed by atoms with E-state index in [1.807, 2.05) is 6.92 Å². The second-order valence-electron chi connectivity index (χ2n) is 5.12. The molecule has 21 heavy (non-hydrogen) atoms. The number of nitrogens with one attached hydrogen (secondary N) is 1. The molecule has 0 saturated heterocycles. The highest BCUT2D eigenvalue weighted by Crippen LogP contribution is 2.22. The minimum atomic E-state index is -0.877. The first-order valence-corrected chi connectivity index (χ1v) is 7.09. The fourth-order valence-corrected chi connectivity index (χ4v) is 2.00. The van der Waals surface area contributed by atoms with Crippen molar-refractivity contribution in [1.82, 2.24) is 5.32 Å². The molecular formula is C15H20ClNO4. The lowest BCUT2D eigenvalue weighted by molar-refractivity contribution is -0.138. The molecule has 5 nitrogen and oxygen atoms in total. The Labute approximate surface area is 129 Å². The maximum atomic E-state index is 11.9. The average Bonchev–Trinajstić information content (AvgIpc) is 2.38. The normalized spacial score (nSPS) is 13.3. The molecule has 0 radical (unpaired) electrons. The Morgan fingerprint density at radius 2 is 2.05 bits per heavy atom. The van der Waals surface area contributed by atoms with E-state index in [0.29, 0.717) is 17.3 Å². The molecule has 0 fully saturated rings. The number of carbonyl (C=O) groups is 2. The quantitative estimate of drug-likeness (QED) is 0.811. The summed E-state index contributed by atoms with van der Waals surface area (Å²) in [5.74, 6) is -0.684. The summed E-state index contributed by atoms with van der Waals surface area (Å²) in [6.07, 6.45) is -0.645. The van der Waals surface area contributed by atoms with Crippen LogP contribution in [0.5, 0.6) is 5.75 Å². The second-order valence-corrected chi connectivity index (χ2v) is 5.55. The van der Waals surface area contributed by atoms with Gasteiger partial charge >= 0.3 is 5.97 Å². The van der Waals surface area contributed by atoms with Gasteiger partial charge in [0.25, 0.3) is 5.91 Å². The number of ether oxygens (including phenoxy) is 1. The van der Waals surface area contributed by atoms with Crippen LogP contribution in [0, 0.1) is 12.8 Å². The molecule has 0 heterocycles. The molecule has 1 rings (SSSR count). The Hall–Kier alpha value is -1.75. The zero-order chi connectivity index (χ0) is 16.0. The molecule has 0 saturated carbocycles. The number of halogens is 1. The Morgan fingerprint density at radius 1 is 1.38 bits per heavy atom. The number of rotatable bonds is 7. The van der Waals surface area contributed by atoms with Crippen molar-refractivity contribution in [2.75, 3.05) is 6.54 Å². The maximum absolute atomic E-state index is 11.9. The highest BCUT2D eigenvalue weighted by molar-refractivity contribution is 6.30. The number of aryl methyl sites for hydroxylation is 1. The number of hydrogen-bond donors (Lipinski definition) is 2. The van der Waals surface area contributed by atoms with E-state index in [0.717, 1.165) is 5.56 Å². The van der Waals surface area contributed by atoms with E-state index in [4.69, 9.17) is 21.4 Å². The van der Waals surface area contributed by atoms with Crippen LogP contribution in [0.3, 0.4) is 0 Å². The van der Waals surface area contributed by atoms with Crippen molar-refractivity contribution < 1.29 is 19.4 Å². The summed E-state index contributed by atoms with van der Waals surface area (Å²) >= 11 is 5.86. The molecule has 1 amide bonds. The molecule has 6 heteroatoms. The van der Waals surface area contributed by atoms with Crippen molar-refractivity contribution in [3.8, 4) is 5.75 Å². The number of carbonyl (C=O) groups excluding carboxylic acids is 1. The van der Waals surface area contributed by atoms with Crippen molar-refractivity contribution in [3.05, 3.63) is 28.8 Å². The molecule has 0 bridgehead atoms. The third kappa shape index (κ3) is 6.04. The standard InChI is InChI=1S/C15H20ClNO4/c1-9(6-14(18)19)8-17-15(20)11(3)21-13-5-4-12(16)7-10(13)2/h4-5,7,9,11H,6,8H2,1-3H3,(H,17,20)(H,18,19). The number of aliphatic carboxylic acids is 1. The summed E-state index contributed by atoms with van der Waals surface area (Å²) in [6.45, 7) is 5.56. The molecule has 2 N–H and O–H groups in total. The average molecular weight is 314 g/mol. The van der Waals surface area contributed by atoms with Crippen LogP contribution >= 0.6 is 11.6 Å². The van der Waals surface area contributed by atoms with Crippen LogP contribution in [0.25, 0.3) is 0 Å². The van der Waals surface area contributed by atoms with Crippen molar-refractivity contribution in [2.24, 2.45) is 5.92 Å². The highest BCUT2D eigenvalue weighted by atomic mass is 35.5. The van der Waals surface area contributed by atoms with Gasteiger partial charge in [0.1, 0.15) is 5.75 Å². The van der Waals surface area contributed by atoms with Gasteiger partial charge in [0.2, 0.25) is 0 Å². The second kappa shape index (κ2) is 7.88. The first-order valence-electron chi connectivity index (χ1n) is 6.72. The highest BCUT2D eigenvalue weighted by Gasteiger charge is 2.17. The summed E-state index contributed by atoms with van der Waals surface area (Å²) in [4.78, 5) is 22.5. The van der Waals surface area contributed by atoms with Gasteiger partial charge in [-0.1, -0.05) is 18.5 Å². The molecular weight excluding hydrogens is 294 g/mol. The fraction of sp³-hybridized carbons (Fsp3) is 0.467. The predicted molar refractivity (Wildman–Crippen MR) is 80.7 cm³/mol. The van der Waals surface area contributed by atoms with Gasteiger partial charge in [-0.15, -0.1) is 0 Å². The topological polar surface area (TPSA) is 75.6 Å². The summed E-state index contributed by atoms with van der Waals surface area (Å²) in [6, 6.07) is 5.17. The van der Waals surface area contributed by atoms with Crippen LogP contribution in [0.4, 0.5) is 0 Å². The lowest BCUT2D eigenvalue weighted by Gasteiger charge is -2.17. The zero-order valence-corrected chi connectivity index (χ0v) is 13.1. The number of benzene rings is 1. The Balaban J connectivity index is 2.49. The molecule has 1 aromatic carbocycles. The Morgan fingerprint density at radius 3 is 2.62 bits per heavy atom. The lowest BCUT2D eigenvalue weighted by atomic mass is 10.1. The third-order valence-corrected chi connectivity index (χ3v) is 3.19. The molecule has 0 aliphatic carbocycles.